The summed E-state index contributed by atoms with van der Waals surface area (Å²) in [5.74, 6) is 5.16. The van der Waals surface area contributed by atoms with Gasteiger partial charge in [0.25, 0.3) is 0 Å². The third kappa shape index (κ3) is 13.8. The third-order valence-corrected chi connectivity index (χ3v) is 7.74. The van der Waals surface area contributed by atoms with Gasteiger partial charge in [-0.05, 0) is 67.6 Å². The van der Waals surface area contributed by atoms with E-state index in [1.54, 1.807) is 0 Å². The lowest BCUT2D eigenvalue weighted by molar-refractivity contribution is 0.0715. The molecule has 0 aliphatic heterocycles. The molecule has 0 amide bonds. The molecule has 0 rings (SSSR count). The van der Waals surface area contributed by atoms with Gasteiger partial charge in [0, 0.05) is 13.2 Å². The van der Waals surface area contributed by atoms with Gasteiger partial charge in [0.1, 0.15) is 0 Å². The van der Waals surface area contributed by atoms with Crippen molar-refractivity contribution in [2.45, 2.75) is 132 Å². The fourth-order valence-corrected chi connectivity index (χ4v) is 5.29. The maximum absolute atomic E-state index is 6.15. The number of hydrogen-bond donors (Lipinski definition) is 0. The largest absolute Gasteiger partial charge is 0.381 e. The summed E-state index contributed by atoms with van der Waals surface area (Å²) in [5.41, 5.74) is 0. The highest BCUT2D eigenvalue weighted by atomic mass is 16.5. The van der Waals surface area contributed by atoms with Crippen LogP contribution in [0, 0.1) is 35.5 Å². The summed E-state index contributed by atoms with van der Waals surface area (Å²) in [4.78, 5) is 0. The predicted molar refractivity (Wildman–Crippen MR) is 133 cm³/mol. The first-order valence-corrected chi connectivity index (χ1v) is 13.5. The Bertz CT molecular complexity index is 335. The van der Waals surface area contributed by atoms with Crippen molar-refractivity contribution in [2.24, 2.45) is 35.5 Å². The third-order valence-electron chi connectivity index (χ3n) is 7.74. The van der Waals surface area contributed by atoms with Gasteiger partial charge in [-0.15, -0.1) is 0 Å². The van der Waals surface area contributed by atoms with Crippen LogP contribution in [-0.2, 0) is 4.74 Å². The molecule has 5 atom stereocenters. The van der Waals surface area contributed by atoms with Crippen molar-refractivity contribution in [2.75, 3.05) is 13.2 Å². The Morgan fingerprint density at radius 1 is 0.621 bits per heavy atom. The van der Waals surface area contributed by atoms with Crippen LogP contribution >= 0.6 is 0 Å². The highest BCUT2D eigenvalue weighted by Gasteiger charge is 2.19. The van der Waals surface area contributed by atoms with E-state index in [9.17, 15) is 0 Å². The Hall–Kier alpha value is -0.0400. The van der Waals surface area contributed by atoms with Crippen molar-refractivity contribution >= 4 is 0 Å². The average Bonchev–Trinajstić information content (AvgIpc) is 2.73. The van der Waals surface area contributed by atoms with E-state index in [0.29, 0.717) is 5.92 Å². The average molecular weight is 411 g/mol. The lowest BCUT2D eigenvalue weighted by Gasteiger charge is -2.26. The van der Waals surface area contributed by atoms with Crippen LogP contribution in [0.5, 0.6) is 0 Å². The van der Waals surface area contributed by atoms with Gasteiger partial charge in [0.2, 0.25) is 0 Å². The van der Waals surface area contributed by atoms with Crippen LogP contribution in [-0.4, -0.2) is 13.2 Å². The van der Waals surface area contributed by atoms with Crippen molar-refractivity contribution in [3.05, 3.63) is 0 Å². The molecule has 0 bridgehead atoms. The standard InChI is InChI=1S/C28H58O/c1-9-16-23(7)19-28(14-6)24(8)22-29-18-15-17-26(12-4)21-27(13-5)20-25(10-2)11-3/h23-28H,9-22H2,1-8H3/t23-,24-,26+,27?,28?/m0/s1. The van der Waals surface area contributed by atoms with Crippen LogP contribution < -0.4 is 0 Å². The summed E-state index contributed by atoms with van der Waals surface area (Å²) in [6.45, 7) is 20.9. The highest BCUT2D eigenvalue weighted by Crippen LogP contribution is 2.30. The van der Waals surface area contributed by atoms with Gasteiger partial charge >= 0.3 is 0 Å². The molecule has 1 nitrogen and oxygen atoms in total. The summed E-state index contributed by atoms with van der Waals surface area (Å²) >= 11 is 0. The molecule has 29 heavy (non-hydrogen) atoms. The second-order valence-corrected chi connectivity index (χ2v) is 10.2. The SMILES string of the molecule is CCC[C@H](C)CC(CC)[C@@H](C)COCCC[C@@H](CC)CC(CC)CC(CC)CC. The molecule has 2 unspecified atom stereocenters. The lowest BCUT2D eigenvalue weighted by atomic mass is 9.81. The van der Waals surface area contributed by atoms with E-state index in [2.05, 4.69) is 55.4 Å². The summed E-state index contributed by atoms with van der Waals surface area (Å²) in [6, 6.07) is 0. The Balaban J connectivity index is 4.15. The molecule has 0 aromatic heterocycles. The molecule has 0 fully saturated rings. The van der Waals surface area contributed by atoms with Crippen LogP contribution in [0.25, 0.3) is 0 Å². The first kappa shape index (κ1) is 29.0. The molecule has 0 aliphatic carbocycles. The lowest BCUT2D eigenvalue weighted by Crippen LogP contribution is -2.20. The molecule has 0 radical (unpaired) electrons. The van der Waals surface area contributed by atoms with Crippen LogP contribution in [0.4, 0.5) is 0 Å². The Morgan fingerprint density at radius 2 is 1.21 bits per heavy atom. The van der Waals surface area contributed by atoms with Gasteiger partial charge < -0.3 is 4.74 Å². The minimum absolute atomic E-state index is 0.700. The van der Waals surface area contributed by atoms with Gasteiger partial charge in [-0.1, -0.05) is 100 Å². The smallest absolute Gasteiger partial charge is 0.0494 e. The normalized spacial score (nSPS) is 17.3. The maximum Gasteiger partial charge on any atom is 0.0494 e. The van der Waals surface area contributed by atoms with Crippen molar-refractivity contribution in [3.63, 3.8) is 0 Å². The Morgan fingerprint density at radius 3 is 1.72 bits per heavy atom. The number of ether oxygens (including phenoxy) is 1. The Labute approximate surface area is 186 Å². The second-order valence-electron chi connectivity index (χ2n) is 10.2. The fraction of sp³-hybridized carbons (Fsp3) is 1.00. The van der Waals surface area contributed by atoms with Gasteiger partial charge in [0.15, 0.2) is 0 Å². The van der Waals surface area contributed by atoms with Gasteiger partial charge in [-0.3, -0.25) is 0 Å². The van der Waals surface area contributed by atoms with Crippen molar-refractivity contribution < 1.29 is 4.74 Å². The van der Waals surface area contributed by atoms with Crippen LogP contribution in [0.2, 0.25) is 0 Å². The van der Waals surface area contributed by atoms with Gasteiger partial charge in [-0.2, -0.15) is 0 Å². The fourth-order valence-electron chi connectivity index (χ4n) is 5.29. The van der Waals surface area contributed by atoms with E-state index in [-0.39, 0.29) is 0 Å². The predicted octanol–water partition coefficient (Wildman–Crippen LogP) is 9.54. The minimum atomic E-state index is 0.700. The van der Waals surface area contributed by atoms with E-state index >= 15 is 0 Å². The van der Waals surface area contributed by atoms with Gasteiger partial charge in [0.05, 0.1) is 0 Å². The first-order chi connectivity index (χ1) is 13.9. The quantitative estimate of drug-likeness (QED) is 0.181. The van der Waals surface area contributed by atoms with E-state index in [4.69, 9.17) is 4.74 Å². The zero-order valence-corrected chi connectivity index (χ0v) is 21.8. The van der Waals surface area contributed by atoms with E-state index in [1.165, 1.54) is 77.0 Å². The van der Waals surface area contributed by atoms with Gasteiger partial charge in [-0.25, -0.2) is 0 Å². The first-order valence-electron chi connectivity index (χ1n) is 13.5. The number of hydrogen-bond acceptors (Lipinski definition) is 1. The molecule has 176 valence electrons. The molecule has 1 heteroatoms. The van der Waals surface area contributed by atoms with Crippen LogP contribution in [0.15, 0.2) is 0 Å². The molecule has 0 saturated heterocycles. The molecule has 0 N–H and O–H groups in total. The van der Waals surface area contributed by atoms with Crippen molar-refractivity contribution in [1.29, 1.82) is 0 Å². The zero-order valence-electron chi connectivity index (χ0n) is 21.8. The zero-order chi connectivity index (χ0) is 22.1. The van der Waals surface area contributed by atoms with Crippen molar-refractivity contribution in [3.8, 4) is 0 Å². The highest BCUT2D eigenvalue weighted by molar-refractivity contribution is 4.70. The molecule has 0 aromatic rings. The summed E-state index contributed by atoms with van der Waals surface area (Å²) < 4.78 is 6.15. The molecular formula is C28H58O. The summed E-state index contributed by atoms with van der Waals surface area (Å²) in [7, 11) is 0. The molecular weight excluding hydrogens is 352 g/mol. The molecule has 0 aromatic carbocycles. The van der Waals surface area contributed by atoms with E-state index in [0.717, 1.165) is 42.8 Å². The monoisotopic (exact) mass is 410 g/mol. The molecule has 0 aliphatic rings. The topological polar surface area (TPSA) is 9.23 Å². The van der Waals surface area contributed by atoms with Crippen LogP contribution in [0.3, 0.4) is 0 Å². The van der Waals surface area contributed by atoms with E-state index in [1.807, 2.05) is 0 Å². The van der Waals surface area contributed by atoms with E-state index < -0.39 is 0 Å². The molecule has 0 heterocycles. The Kier molecular flexibility index (Phi) is 18.7. The second kappa shape index (κ2) is 18.7. The minimum Gasteiger partial charge on any atom is -0.381 e. The van der Waals surface area contributed by atoms with Crippen LogP contribution in [0.1, 0.15) is 132 Å². The summed E-state index contributed by atoms with van der Waals surface area (Å²) in [6.07, 6.45) is 16.3. The molecule has 0 saturated carbocycles. The number of rotatable bonds is 20. The molecule has 0 spiro atoms. The van der Waals surface area contributed by atoms with Crippen molar-refractivity contribution in [1.82, 2.24) is 0 Å². The summed E-state index contributed by atoms with van der Waals surface area (Å²) in [5, 5.41) is 0. The maximum atomic E-state index is 6.15.